The molecule has 0 aliphatic carbocycles. The van der Waals surface area contributed by atoms with Crippen molar-refractivity contribution in [3.05, 3.63) is 35.9 Å². The average Bonchev–Trinajstić information content (AvgIpc) is 3.46. The minimum absolute atomic E-state index is 0. The molecular weight excluding hydrogens is 604 g/mol. The third kappa shape index (κ3) is 10.4. The predicted molar refractivity (Wildman–Crippen MR) is 169 cm³/mol. The van der Waals surface area contributed by atoms with Crippen molar-refractivity contribution in [2.24, 2.45) is 5.92 Å². The molecule has 0 spiro atoms. The Morgan fingerprint density at radius 2 is 1.58 bits per heavy atom. The zero-order valence-corrected chi connectivity index (χ0v) is 27.0. The Balaban J connectivity index is 0.000000396. The van der Waals surface area contributed by atoms with E-state index in [1.165, 1.54) is 9.91 Å². The van der Waals surface area contributed by atoms with Gasteiger partial charge in [0, 0.05) is 31.3 Å². The fourth-order valence-corrected chi connectivity index (χ4v) is 6.07. The van der Waals surface area contributed by atoms with Crippen LogP contribution >= 0.6 is 12.6 Å². The van der Waals surface area contributed by atoms with E-state index < -0.39 is 36.1 Å². The van der Waals surface area contributed by atoms with Gasteiger partial charge in [-0.15, -0.1) is 0 Å². The van der Waals surface area contributed by atoms with Gasteiger partial charge in [0.25, 0.3) is 5.91 Å². The molecule has 5 N–H and O–H groups in total. The SMILES string of the molecule is CCOC(=O)[C@H](CCc1ccccc1)N[C@H]1CCCN2CCC[C@@H](C(=O)O)N2C1=O.C[C@H](CS)C(=O)N1CCC[C@H]1C(=O)O.O. The summed E-state index contributed by atoms with van der Waals surface area (Å²) >= 11 is 4.03. The van der Waals surface area contributed by atoms with Crippen LogP contribution in [0.3, 0.4) is 0 Å². The summed E-state index contributed by atoms with van der Waals surface area (Å²) in [4.78, 5) is 61.6. The summed E-state index contributed by atoms with van der Waals surface area (Å²) in [6, 6.07) is 7.15. The van der Waals surface area contributed by atoms with Crippen LogP contribution in [0.2, 0.25) is 0 Å². The van der Waals surface area contributed by atoms with Gasteiger partial charge in [-0.05, 0) is 63.9 Å². The van der Waals surface area contributed by atoms with E-state index in [9.17, 15) is 29.1 Å². The molecule has 0 aromatic heterocycles. The summed E-state index contributed by atoms with van der Waals surface area (Å²) in [5.74, 6) is -2.36. The van der Waals surface area contributed by atoms with Crippen LogP contribution in [0.1, 0.15) is 64.4 Å². The number of ether oxygens (including phenoxy) is 1. The van der Waals surface area contributed by atoms with Crippen molar-refractivity contribution < 1.29 is 44.4 Å². The first-order valence-electron chi connectivity index (χ1n) is 15.5. The molecule has 0 radical (unpaired) electrons. The Kier molecular flexibility index (Phi) is 15.8. The van der Waals surface area contributed by atoms with E-state index in [0.29, 0.717) is 57.5 Å². The summed E-state index contributed by atoms with van der Waals surface area (Å²) < 4.78 is 5.24. The molecule has 14 heteroatoms. The van der Waals surface area contributed by atoms with Gasteiger partial charge < -0.3 is 25.3 Å². The Morgan fingerprint density at radius 1 is 0.978 bits per heavy atom. The summed E-state index contributed by atoms with van der Waals surface area (Å²) in [6.45, 7) is 5.67. The third-order valence-corrected chi connectivity index (χ3v) is 8.81. The van der Waals surface area contributed by atoms with Gasteiger partial charge in [0.15, 0.2) is 0 Å². The van der Waals surface area contributed by atoms with E-state index in [1.54, 1.807) is 13.8 Å². The van der Waals surface area contributed by atoms with E-state index in [1.807, 2.05) is 35.3 Å². The molecule has 3 aliphatic heterocycles. The zero-order valence-electron chi connectivity index (χ0n) is 26.1. The van der Waals surface area contributed by atoms with Gasteiger partial charge in [-0.25, -0.2) is 14.6 Å². The fraction of sp³-hybridized carbons (Fsp3) is 0.645. The van der Waals surface area contributed by atoms with Gasteiger partial charge in [-0.1, -0.05) is 37.3 Å². The topological polar surface area (TPSA) is 188 Å². The standard InChI is InChI=1S/C22H31N3O5.C9H15NO3S.H2O/c1-2-30-22(29)18(13-12-16-8-4-3-5-9-16)23-17-10-6-14-24-15-7-11-19(21(27)28)25(24)20(17)26;1-6(5-14)8(11)10-4-2-3-7(10)9(12)13;/h3-5,8-9,17-19,23H,2,6-7,10-15H2,1H3,(H,27,28);6-7,14H,2-5H2,1H3,(H,12,13);1H2/t17-,18-,19-;6-,7+;/m01./s1. The van der Waals surface area contributed by atoms with Crippen LogP contribution in [0.4, 0.5) is 0 Å². The molecule has 1 aromatic carbocycles. The lowest BCUT2D eigenvalue weighted by Gasteiger charge is -2.42. The number of carbonyl (C=O) groups is 5. The number of likely N-dealkylation sites (tertiary alicyclic amines) is 1. The number of rotatable bonds is 11. The lowest BCUT2D eigenvalue weighted by Crippen LogP contribution is -2.61. The maximum Gasteiger partial charge on any atom is 0.328 e. The van der Waals surface area contributed by atoms with Gasteiger partial charge in [0.1, 0.15) is 18.1 Å². The Morgan fingerprint density at radius 3 is 2.18 bits per heavy atom. The van der Waals surface area contributed by atoms with Crippen molar-refractivity contribution in [2.75, 3.05) is 32.0 Å². The highest BCUT2D eigenvalue weighted by molar-refractivity contribution is 7.80. The van der Waals surface area contributed by atoms with E-state index in [0.717, 1.165) is 24.8 Å². The number of hydrogen-bond acceptors (Lipinski definition) is 9. The van der Waals surface area contributed by atoms with E-state index in [-0.39, 0.29) is 35.8 Å². The van der Waals surface area contributed by atoms with E-state index in [4.69, 9.17) is 9.84 Å². The minimum Gasteiger partial charge on any atom is -0.480 e. The van der Waals surface area contributed by atoms with Crippen molar-refractivity contribution >= 4 is 42.4 Å². The lowest BCUT2D eigenvalue weighted by atomic mass is 10.0. The van der Waals surface area contributed by atoms with Gasteiger partial charge >= 0.3 is 17.9 Å². The average molecular weight is 653 g/mol. The molecule has 252 valence electrons. The number of esters is 1. The highest BCUT2D eigenvalue weighted by atomic mass is 32.1. The number of fused-ring (bicyclic) bond motifs is 1. The quantitative estimate of drug-likeness (QED) is 0.201. The molecule has 45 heavy (non-hydrogen) atoms. The van der Waals surface area contributed by atoms with Gasteiger partial charge in [-0.2, -0.15) is 12.6 Å². The molecule has 0 bridgehead atoms. The molecule has 1 aromatic rings. The molecule has 3 saturated heterocycles. The number of aliphatic carboxylic acids is 2. The molecule has 3 aliphatic rings. The van der Waals surface area contributed by atoms with Crippen LogP contribution in [-0.4, -0.2) is 116 Å². The Hall–Kier alpha value is -3.20. The largest absolute Gasteiger partial charge is 0.480 e. The molecule has 13 nitrogen and oxygen atoms in total. The van der Waals surface area contributed by atoms with E-state index in [2.05, 4.69) is 17.9 Å². The number of benzene rings is 1. The first-order valence-corrected chi connectivity index (χ1v) is 16.1. The van der Waals surface area contributed by atoms with Crippen molar-refractivity contribution in [3.8, 4) is 0 Å². The summed E-state index contributed by atoms with van der Waals surface area (Å²) in [5, 5.41) is 25.0. The molecule has 3 fully saturated rings. The number of amides is 2. The number of carboxylic acids is 2. The summed E-state index contributed by atoms with van der Waals surface area (Å²) in [6.07, 6.45) is 5.02. The first kappa shape index (κ1) is 38.0. The highest BCUT2D eigenvalue weighted by Crippen LogP contribution is 2.25. The Labute approximate surface area is 269 Å². The van der Waals surface area contributed by atoms with Crippen LogP contribution in [0.25, 0.3) is 0 Å². The highest BCUT2D eigenvalue weighted by Gasteiger charge is 2.42. The number of hydrogen-bond donors (Lipinski definition) is 4. The second kappa shape index (κ2) is 18.7. The number of aryl methyl sites for hydroxylation is 1. The number of thiol groups is 1. The molecule has 0 unspecified atom stereocenters. The molecule has 0 saturated carbocycles. The number of hydrazine groups is 1. The second-order valence-corrected chi connectivity index (χ2v) is 11.8. The zero-order chi connectivity index (χ0) is 32.2. The fourth-order valence-electron chi connectivity index (χ4n) is 5.91. The van der Waals surface area contributed by atoms with E-state index >= 15 is 0 Å². The van der Waals surface area contributed by atoms with Crippen LogP contribution in [0.15, 0.2) is 30.3 Å². The number of nitrogens with zero attached hydrogens (tertiary/aromatic N) is 3. The Bertz CT molecular complexity index is 1140. The van der Waals surface area contributed by atoms with Crippen LogP contribution in [0, 0.1) is 5.92 Å². The van der Waals surface area contributed by atoms with Gasteiger partial charge in [-0.3, -0.25) is 24.7 Å². The number of carbonyl (C=O) groups excluding carboxylic acids is 3. The van der Waals surface area contributed by atoms with Crippen LogP contribution in [0.5, 0.6) is 0 Å². The summed E-state index contributed by atoms with van der Waals surface area (Å²) in [7, 11) is 0. The minimum atomic E-state index is -0.986. The van der Waals surface area contributed by atoms with Crippen LogP contribution in [-0.2, 0) is 35.1 Å². The molecule has 4 rings (SSSR count). The molecular formula is C31H48N4O9S. The van der Waals surface area contributed by atoms with Crippen molar-refractivity contribution in [1.29, 1.82) is 0 Å². The monoisotopic (exact) mass is 652 g/mol. The maximum atomic E-state index is 13.3. The maximum absolute atomic E-state index is 13.3. The van der Waals surface area contributed by atoms with Gasteiger partial charge in [0.05, 0.1) is 12.6 Å². The predicted octanol–water partition coefficient (Wildman–Crippen LogP) is 1.40. The van der Waals surface area contributed by atoms with Gasteiger partial charge in [0.2, 0.25) is 5.91 Å². The molecule has 2 amide bonds. The van der Waals surface area contributed by atoms with Crippen molar-refractivity contribution in [3.63, 3.8) is 0 Å². The third-order valence-electron chi connectivity index (χ3n) is 8.27. The smallest absolute Gasteiger partial charge is 0.328 e. The normalized spacial score (nSPS) is 22.9. The second-order valence-electron chi connectivity index (χ2n) is 11.4. The van der Waals surface area contributed by atoms with Crippen LogP contribution < -0.4 is 5.32 Å². The summed E-state index contributed by atoms with van der Waals surface area (Å²) in [5.41, 5.74) is 1.11. The number of nitrogens with one attached hydrogen (secondary N) is 1. The number of carboxylic acid groups (broad SMARTS) is 2. The van der Waals surface area contributed by atoms with Crippen molar-refractivity contribution in [1.82, 2.24) is 20.2 Å². The first-order chi connectivity index (χ1) is 21.1. The van der Waals surface area contributed by atoms with Crippen molar-refractivity contribution in [2.45, 2.75) is 89.4 Å². The molecule has 5 atom stereocenters. The lowest BCUT2D eigenvalue weighted by molar-refractivity contribution is -0.174. The molecule has 3 heterocycles.